The van der Waals surface area contributed by atoms with Gasteiger partial charge >= 0.3 is 0 Å². The zero-order valence-corrected chi connectivity index (χ0v) is 19.7. The van der Waals surface area contributed by atoms with E-state index in [4.69, 9.17) is 23.2 Å². The Morgan fingerprint density at radius 1 is 1.12 bits per heavy atom. The number of Topliss-reactive ketones (excluding diaryl/α,β-unsaturated/α-hetero) is 1. The van der Waals surface area contributed by atoms with Crippen LogP contribution >= 0.6 is 23.2 Å². The molecule has 0 bridgehead atoms. The standard InChI is InChI=1S/C25H22Cl2N4O2/c1-25(2)11-19-21(20(32)12-25)22(16-5-3-4-6-18(16)27)31-23(30-19)17(13-28-31)24(33)29-15-9-7-14(26)8-10-15/h3-10,13,22,30H,11-12H2,1-2H3,(H,29,33)/t22-/m0/s1. The number of allylic oxidation sites excluding steroid dienone is 2. The van der Waals surface area contributed by atoms with Crippen molar-refractivity contribution < 1.29 is 9.59 Å². The average Bonchev–Trinajstić information content (AvgIpc) is 3.17. The number of rotatable bonds is 3. The first-order valence-electron chi connectivity index (χ1n) is 10.7. The van der Waals surface area contributed by atoms with Crippen molar-refractivity contribution in [1.82, 2.24) is 9.78 Å². The van der Waals surface area contributed by atoms with Gasteiger partial charge in [0.1, 0.15) is 17.4 Å². The van der Waals surface area contributed by atoms with Crippen LogP contribution in [0.5, 0.6) is 0 Å². The van der Waals surface area contributed by atoms with Gasteiger partial charge in [-0.15, -0.1) is 0 Å². The SMILES string of the molecule is CC1(C)CC(=O)C2=C(C1)Nc1c(C(=O)Nc3ccc(Cl)cc3)cnn1[C@H]2c1ccccc1Cl. The highest BCUT2D eigenvalue weighted by molar-refractivity contribution is 6.31. The fourth-order valence-corrected chi connectivity index (χ4v) is 4.96. The zero-order valence-electron chi connectivity index (χ0n) is 18.2. The molecule has 2 aliphatic rings. The molecule has 5 rings (SSSR count). The molecule has 1 amide bonds. The first-order valence-corrected chi connectivity index (χ1v) is 11.4. The molecule has 2 N–H and O–H groups in total. The van der Waals surface area contributed by atoms with Gasteiger partial charge in [0.15, 0.2) is 5.78 Å². The maximum Gasteiger partial charge on any atom is 0.261 e. The summed E-state index contributed by atoms with van der Waals surface area (Å²) >= 11 is 12.5. The summed E-state index contributed by atoms with van der Waals surface area (Å²) in [4.78, 5) is 26.4. The number of carbonyl (C=O) groups excluding carboxylic acids is 2. The predicted octanol–water partition coefficient (Wildman–Crippen LogP) is 6.10. The number of halogens is 2. The lowest BCUT2D eigenvalue weighted by molar-refractivity contribution is -0.118. The Bertz CT molecular complexity index is 1310. The van der Waals surface area contributed by atoms with Crippen molar-refractivity contribution in [2.24, 2.45) is 5.41 Å². The first-order chi connectivity index (χ1) is 15.7. The minimum absolute atomic E-state index is 0.0620. The number of aromatic nitrogens is 2. The van der Waals surface area contributed by atoms with Crippen molar-refractivity contribution in [3.05, 3.63) is 87.2 Å². The molecule has 1 atom stereocenters. The third kappa shape index (κ3) is 3.94. The van der Waals surface area contributed by atoms with Crippen LogP contribution in [0, 0.1) is 5.41 Å². The molecule has 2 heterocycles. The van der Waals surface area contributed by atoms with Crippen LogP contribution in [0.25, 0.3) is 0 Å². The highest BCUT2D eigenvalue weighted by atomic mass is 35.5. The Morgan fingerprint density at radius 3 is 2.58 bits per heavy atom. The molecule has 0 saturated heterocycles. The van der Waals surface area contributed by atoms with Crippen molar-refractivity contribution in [3.8, 4) is 0 Å². The van der Waals surface area contributed by atoms with Crippen LogP contribution in [-0.2, 0) is 4.79 Å². The van der Waals surface area contributed by atoms with Gasteiger partial charge in [0.2, 0.25) is 0 Å². The lowest BCUT2D eigenvalue weighted by atomic mass is 9.73. The van der Waals surface area contributed by atoms with Crippen molar-refractivity contribution in [2.75, 3.05) is 10.6 Å². The molecular weight excluding hydrogens is 459 g/mol. The van der Waals surface area contributed by atoms with Crippen LogP contribution in [-0.4, -0.2) is 21.5 Å². The van der Waals surface area contributed by atoms with Gasteiger partial charge in [0, 0.05) is 33.4 Å². The van der Waals surface area contributed by atoms with Crippen LogP contribution in [0.15, 0.2) is 66.0 Å². The van der Waals surface area contributed by atoms with Crippen LogP contribution < -0.4 is 10.6 Å². The summed E-state index contributed by atoms with van der Waals surface area (Å²) in [5.74, 6) is 0.289. The van der Waals surface area contributed by atoms with Gasteiger partial charge in [-0.1, -0.05) is 55.2 Å². The Balaban J connectivity index is 1.60. The van der Waals surface area contributed by atoms with Crippen LogP contribution in [0.1, 0.15) is 48.7 Å². The smallest absolute Gasteiger partial charge is 0.261 e. The molecule has 1 aliphatic heterocycles. The van der Waals surface area contributed by atoms with E-state index in [9.17, 15) is 9.59 Å². The Kier molecular flexibility index (Phi) is 5.30. The van der Waals surface area contributed by atoms with E-state index in [1.807, 2.05) is 18.2 Å². The van der Waals surface area contributed by atoms with Gasteiger partial charge in [-0.05, 0) is 47.7 Å². The number of hydrogen-bond acceptors (Lipinski definition) is 4. The summed E-state index contributed by atoms with van der Waals surface area (Å²) in [7, 11) is 0. The third-order valence-electron chi connectivity index (χ3n) is 6.05. The van der Waals surface area contributed by atoms with E-state index >= 15 is 0 Å². The van der Waals surface area contributed by atoms with Gasteiger partial charge in [-0.2, -0.15) is 5.10 Å². The molecule has 0 unspecified atom stereocenters. The van der Waals surface area contributed by atoms with E-state index in [-0.39, 0.29) is 17.1 Å². The Labute approximate surface area is 201 Å². The Morgan fingerprint density at radius 2 is 1.85 bits per heavy atom. The second-order valence-corrected chi connectivity index (χ2v) is 10.0. The minimum atomic E-state index is -0.509. The number of nitrogens with one attached hydrogen (secondary N) is 2. The van der Waals surface area contributed by atoms with Gasteiger partial charge in [-0.25, -0.2) is 4.68 Å². The van der Waals surface area contributed by atoms with E-state index in [0.29, 0.717) is 45.5 Å². The first kappa shape index (κ1) is 21.7. The molecule has 1 aromatic heterocycles. The van der Waals surface area contributed by atoms with Crippen molar-refractivity contribution in [3.63, 3.8) is 0 Å². The maximum absolute atomic E-state index is 13.3. The molecule has 0 saturated carbocycles. The molecule has 168 valence electrons. The van der Waals surface area contributed by atoms with E-state index < -0.39 is 6.04 Å². The average molecular weight is 481 g/mol. The number of hydrogen-bond donors (Lipinski definition) is 2. The van der Waals surface area contributed by atoms with Crippen LogP contribution in [0.4, 0.5) is 11.5 Å². The summed E-state index contributed by atoms with van der Waals surface area (Å²) in [6, 6.07) is 13.8. The van der Waals surface area contributed by atoms with Gasteiger partial charge in [-0.3, -0.25) is 9.59 Å². The summed E-state index contributed by atoms with van der Waals surface area (Å²) < 4.78 is 1.69. The second-order valence-electron chi connectivity index (χ2n) is 9.19. The molecule has 3 aromatic rings. The summed E-state index contributed by atoms with van der Waals surface area (Å²) in [6.45, 7) is 4.14. The number of nitrogens with zero attached hydrogens (tertiary/aromatic N) is 2. The topological polar surface area (TPSA) is 76.0 Å². The van der Waals surface area contributed by atoms with Crippen molar-refractivity contribution >= 4 is 46.4 Å². The van der Waals surface area contributed by atoms with Crippen LogP contribution in [0.3, 0.4) is 0 Å². The summed E-state index contributed by atoms with van der Waals surface area (Å²) in [5.41, 5.74) is 3.05. The normalized spacial score (nSPS) is 18.9. The second kappa shape index (κ2) is 8.04. The largest absolute Gasteiger partial charge is 0.343 e. The molecule has 1 aliphatic carbocycles. The number of amides is 1. The Hall–Kier alpha value is -3.09. The van der Waals surface area contributed by atoms with Crippen molar-refractivity contribution in [1.29, 1.82) is 0 Å². The molecule has 6 nitrogen and oxygen atoms in total. The third-order valence-corrected chi connectivity index (χ3v) is 6.65. The van der Waals surface area contributed by atoms with Gasteiger partial charge < -0.3 is 10.6 Å². The monoisotopic (exact) mass is 480 g/mol. The highest BCUT2D eigenvalue weighted by Crippen LogP contribution is 2.47. The van der Waals surface area contributed by atoms with E-state index in [0.717, 1.165) is 11.3 Å². The molecule has 8 heteroatoms. The quantitative estimate of drug-likeness (QED) is 0.474. The number of fused-ring (bicyclic) bond motifs is 1. The molecular formula is C25H22Cl2N4O2. The fourth-order valence-electron chi connectivity index (χ4n) is 4.59. The van der Waals surface area contributed by atoms with Crippen LogP contribution in [0.2, 0.25) is 10.0 Å². The predicted molar refractivity (Wildman–Crippen MR) is 130 cm³/mol. The maximum atomic E-state index is 13.3. The number of carbonyl (C=O) groups is 2. The van der Waals surface area contributed by atoms with E-state index in [1.165, 1.54) is 6.20 Å². The van der Waals surface area contributed by atoms with Crippen molar-refractivity contribution in [2.45, 2.75) is 32.7 Å². The molecule has 0 spiro atoms. The number of benzene rings is 2. The summed E-state index contributed by atoms with van der Waals surface area (Å²) in [6.07, 6.45) is 2.64. The van der Waals surface area contributed by atoms with E-state index in [2.05, 4.69) is 29.6 Å². The highest BCUT2D eigenvalue weighted by Gasteiger charge is 2.42. The summed E-state index contributed by atoms with van der Waals surface area (Å²) in [5, 5.41) is 11.9. The lowest BCUT2D eigenvalue weighted by Crippen LogP contribution is -2.37. The fraction of sp³-hybridized carbons (Fsp3) is 0.240. The molecule has 2 aromatic carbocycles. The minimum Gasteiger partial charge on any atom is -0.343 e. The lowest BCUT2D eigenvalue weighted by Gasteiger charge is -2.39. The van der Waals surface area contributed by atoms with Gasteiger partial charge in [0.25, 0.3) is 5.91 Å². The zero-order chi connectivity index (χ0) is 23.3. The molecule has 0 radical (unpaired) electrons. The molecule has 33 heavy (non-hydrogen) atoms. The van der Waals surface area contributed by atoms with E-state index in [1.54, 1.807) is 35.0 Å². The molecule has 0 fully saturated rings. The van der Waals surface area contributed by atoms with Gasteiger partial charge in [0.05, 0.1) is 6.20 Å². The number of anilines is 2. The number of ketones is 1.